The SMILES string of the molecule is COC(=O)C(C)CN(C)Cc1cc(CN)ccc1OC. The summed E-state index contributed by atoms with van der Waals surface area (Å²) < 4.78 is 10.1. The van der Waals surface area contributed by atoms with Crippen LogP contribution in [0.25, 0.3) is 0 Å². The third-order valence-electron chi connectivity index (χ3n) is 3.21. The zero-order valence-corrected chi connectivity index (χ0v) is 12.7. The van der Waals surface area contributed by atoms with Crippen molar-refractivity contribution in [1.82, 2.24) is 4.90 Å². The molecule has 0 saturated carbocycles. The van der Waals surface area contributed by atoms with E-state index in [4.69, 9.17) is 15.2 Å². The summed E-state index contributed by atoms with van der Waals surface area (Å²) in [6.07, 6.45) is 0. The van der Waals surface area contributed by atoms with E-state index in [2.05, 4.69) is 4.90 Å². The number of carbonyl (C=O) groups excluding carboxylic acids is 1. The van der Waals surface area contributed by atoms with E-state index in [0.717, 1.165) is 16.9 Å². The van der Waals surface area contributed by atoms with E-state index in [9.17, 15) is 4.79 Å². The van der Waals surface area contributed by atoms with Gasteiger partial charge in [0.15, 0.2) is 0 Å². The summed E-state index contributed by atoms with van der Waals surface area (Å²) in [4.78, 5) is 13.5. The average molecular weight is 280 g/mol. The molecular formula is C15H24N2O3. The molecule has 0 aliphatic heterocycles. The Morgan fingerprint density at radius 2 is 2.10 bits per heavy atom. The van der Waals surface area contributed by atoms with Crippen molar-refractivity contribution in [3.8, 4) is 5.75 Å². The van der Waals surface area contributed by atoms with Gasteiger partial charge in [0.2, 0.25) is 0 Å². The molecule has 0 spiro atoms. The van der Waals surface area contributed by atoms with Crippen LogP contribution in [0, 0.1) is 5.92 Å². The fourth-order valence-electron chi connectivity index (χ4n) is 2.18. The normalized spacial score (nSPS) is 12.3. The van der Waals surface area contributed by atoms with Crippen molar-refractivity contribution in [3.05, 3.63) is 29.3 Å². The van der Waals surface area contributed by atoms with Crippen molar-refractivity contribution in [2.75, 3.05) is 27.8 Å². The van der Waals surface area contributed by atoms with E-state index >= 15 is 0 Å². The molecule has 0 bridgehead atoms. The monoisotopic (exact) mass is 280 g/mol. The number of ether oxygens (including phenoxy) is 2. The highest BCUT2D eigenvalue weighted by atomic mass is 16.5. The van der Waals surface area contributed by atoms with Gasteiger partial charge in [0.1, 0.15) is 5.75 Å². The smallest absolute Gasteiger partial charge is 0.309 e. The van der Waals surface area contributed by atoms with E-state index in [1.807, 2.05) is 32.2 Å². The molecule has 0 saturated heterocycles. The van der Waals surface area contributed by atoms with Crippen LogP contribution in [0.3, 0.4) is 0 Å². The minimum atomic E-state index is -0.195. The van der Waals surface area contributed by atoms with Crippen LogP contribution in [0.5, 0.6) is 5.75 Å². The topological polar surface area (TPSA) is 64.8 Å². The maximum absolute atomic E-state index is 11.4. The molecule has 0 radical (unpaired) electrons. The summed E-state index contributed by atoms with van der Waals surface area (Å²) in [7, 11) is 5.03. The van der Waals surface area contributed by atoms with Gasteiger partial charge < -0.3 is 20.1 Å². The van der Waals surface area contributed by atoms with E-state index in [1.165, 1.54) is 7.11 Å². The van der Waals surface area contributed by atoms with Gasteiger partial charge >= 0.3 is 5.97 Å². The Hall–Kier alpha value is -1.59. The van der Waals surface area contributed by atoms with Crippen molar-refractivity contribution < 1.29 is 14.3 Å². The Morgan fingerprint density at radius 3 is 2.65 bits per heavy atom. The predicted octanol–water partition coefficient (Wildman–Crippen LogP) is 1.39. The van der Waals surface area contributed by atoms with Crippen LogP contribution in [0.15, 0.2) is 18.2 Å². The summed E-state index contributed by atoms with van der Waals surface area (Å²) in [5.74, 6) is 0.480. The van der Waals surface area contributed by atoms with Crippen LogP contribution in [-0.2, 0) is 22.6 Å². The number of rotatable bonds is 7. The van der Waals surface area contributed by atoms with E-state index in [0.29, 0.717) is 19.6 Å². The first-order chi connectivity index (χ1) is 9.51. The first-order valence-electron chi connectivity index (χ1n) is 6.64. The molecule has 0 fully saturated rings. The Kier molecular flexibility index (Phi) is 6.48. The highest BCUT2D eigenvalue weighted by molar-refractivity contribution is 5.72. The van der Waals surface area contributed by atoms with Crippen molar-refractivity contribution in [2.24, 2.45) is 11.7 Å². The highest BCUT2D eigenvalue weighted by Crippen LogP contribution is 2.21. The van der Waals surface area contributed by atoms with E-state index in [1.54, 1.807) is 7.11 Å². The maximum atomic E-state index is 11.4. The standard InChI is InChI=1S/C15H24N2O3/c1-11(15(18)20-4)9-17(2)10-13-7-12(8-16)5-6-14(13)19-3/h5-7,11H,8-10,16H2,1-4H3. The number of nitrogens with zero attached hydrogens (tertiary/aromatic N) is 1. The van der Waals surface area contributed by atoms with Crippen LogP contribution >= 0.6 is 0 Å². The molecule has 1 unspecified atom stereocenters. The maximum Gasteiger partial charge on any atom is 0.309 e. The molecule has 0 aliphatic carbocycles. The molecule has 1 aromatic rings. The van der Waals surface area contributed by atoms with Crippen LogP contribution in [-0.4, -0.2) is 38.7 Å². The Labute approximate surface area is 120 Å². The molecule has 5 nitrogen and oxygen atoms in total. The van der Waals surface area contributed by atoms with Gasteiger partial charge in [-0.2, -0.15) is 0 Å². The molecule has 0 amide bonds. The highest BCUT2D eigenvalue weighted by Gasteiger charge is 2.16. The minimum Gasteiger partial charge on any atom is -0.496 e. The zero-order chi connectivity index (χ0) is 15.1. The number of carbonyl (C=O) groups is 1. The second-order valence-corrected chi connectivity index (χ2v) is 4.97. The van der Waals surface area contributed by atoms with Crippen molar-refractivity contribution >= 4 is 5.97 Å². The predicted molar refractivity (Wildman–Crippen MR) is 78.4 cm³/mol. The molecule has 0 aliphatic rings. The molecule has 2 N–H and O–H groups in total. The lowest BCUT2D eigenvalue weighted by Crippen LogP contribution is -2.29. The van der Waals surface area contributed by atoms with Crippen molar-refractivity contribution in [3.63, 3.8) is 0 Å². The number of hydrogen-bond acceptors (Lipinski definition) is 5. The average Bonchev–Trinajstić information content (AvgIpc) is 2.45. The lowest BCUT2D eigenvalue weighted by atomic mass is 10.1. The zero-order valence-electron chi connectivity index (χ0n) is 12.7. The third-order valence-corrected chi connectivity index (χ3v) is 3.21. The molecule has 20 heavy (non-hydrogen) atoms. The fraction of sp³-hybridized carbons (Fsp3) is 0.533. The molecule has 5 heteroatoms. The summed E-state index contributed by atoms with van der Waals surface area (Å²) in [6, 6.07) is 5.92. The number of esters is 1. The quantitative estimate of drug-likeness (QED) is 0.765. The second kappa shape index (κ2) is 7.87. The van der Waals surface area contributed by atoms with Crippen LogP contribution in [0.4, 0.5) is 0 Å². The largest absolute Gasteiger partial charge is 0.496 e. The van der Waals surface area contributed by atoms with Gasteiger partial charge in [-0.15, -0.1) is 0 Å². The van der Waals surface area contributed by atoms with Gasteiger partial charge in [0, 0.05) is 25.2 Å². The van der Waals surface area contributed by atoms with Gasteiger partial charge in [0.25, 0.3) is 0 Å². The number of hydrogen-bond donors (Lipinski definition) is 1. The van der Waals surface area contributed by atoms with Crippen LogP contribution in [0.2, 0.25) is 0 Å². The Bertz CT molecular complexity index is 449. The Morgan fingerprint density at radius 1 is 1.40 bits per heavy atom. The molecule has 112 valence electrons. The minimum absolute atomic E-state index is 0.159. The summed E-state index contributed by atoms with van der Waals surface area (Å²) in [6.45, 7) is 3.68. The van der Waals surface area contributed by atoms with Gasteiger partial charge in [0.05, 0.1) is 20.1 Å². The second-order valence-electron chi connectivity index (χ2n) is 4.97. The van der Waals surface area contributed by atoms with Gasteiger partial charge in [-0.05, 0) is 24.7 Å². The number of methoxy groups -OCH3 is 2. The number of nitrogens with two attached hydrogens (primary N) is 1. The molecule has 1 atom stereocenters. The first-order valence-corrected chi connectivity index (χ1v) is 6.64. The molecule has 1 rings (SSSR count). The molecular weight excluding hydrogens is 256 g/mol. The third kappa shape index (κ3) is 4.51. The lowest BCUT2D eigenvalue weighted by molar-refractivity contribution is -0.145. The van der Waals surface area contributed by atoms with Crippen LogP contribution < -0.4 is 10.5 Å². The summed E-state index contributed by atoms with van der Waals surface area (Å²) in [5.41, 5.74) is 7.79. The lowest BCUT2D eigenvalue weighted by Gasteiger charge is -2.21. The molecule has 0 aromatic heterocycles. The Balaban J connectivity index is 2.73. The van der Waals surface area contributed by atoms with E-state index < -0.39 is 0 Å². The molecule has 1 aromatic carbocycles. The van der Waals surface area contributed by atoms with Crippen LogP contribution in [0.1, 0.15) is 18.1 Å². The first kappa shape index (κ1) is 16.5. The van der Waals surface area contributed by atoms with Gasteiger partial charge in [-0.1, -0.05) is 13.0 Å². The van der Waals surface area contributed by atoms with Gasteiger partial charge in [-0.3, -0.25) is 4.79 Å². The van der Waals surface area contributed by atoms with Crippen molar-refractivity contribution in [1.29, 1.82) is 0 Å². The fourth-order valence-corrected chi connectivity index (χ4v) is 2.18. The summed E-state index contributed by atoms with van der Waals surface area (Å²) >= 11 is 0. The molecule has 0 heterocycles. The van der Waals surface area contributed by atoms with Gasteiger partial charge in [-0.25, -0.2) is 0 Å². The summed E-state index contributed by atoms with van der Waals surface area (Å²) in [5, 5.41) is 0. The van der Waals surface area contributed by atoms with E-state index in [-0.39, 0.29) is 11.9 Å². The van der Waals surface area contributed by atoms with Crippen molar-refractivity contribution in [2.45, 2.75) is 20.0 Å². The number of benzene rings is 1.